The number of alkyl halides is 3. The molecular weight excluding hydrogens is 267 g/mol. The van der Waals surface area contributed by atoms with Gasteiger partial charge >= 0.3 is 3.93 Å². The van der Waals surface area contributed by atoms with E-state index < -0.39 is 37.6 Å². The highest BCUT2D eigenvalue weighted by atomic mass is 127. The van der Waals surface area contributed by atoms with Crippen molar-refractivity contribution in [3.8, 4) is 0 Å². The van der Waals surface area contributed by atoms with Gasteiger partial charge in [-0.25, -0.2) is 0 Å². The van der Waals surface area contributed by atoms with Gasteiger partial charge in [-0.05, 0) is 5.92 Å². The van der Waals surface area contributed by atoms with Gasteiger partial charge in [0, 0.05) is 12.5 Å². The van der Waals surface area contributed by atoms with Crippen molar-refractivity contribution in [2.75, 3.05) is 0 Å². The van der Waals surface area contributed by atoms with Crippen LogP contribution in [0.2, 0.25) is 0 Å². The summed E-state index contributed by atoms with van der Waals surface area (Å²) in [7, 11) is 0. The number of nitrogens with two attached hydrogens (primary N) is 1. The molecule has 0 heterocycles. The molecule has 1 atom stereocenters. The van der Waals surface area contributed by atoms with Gasteiger partial charge in [-0.3, -0.25) is 3.07 Å². The van der Waals surface area contributed by atoms with Crippen LogP contribution >= 0.6 is 21.2 Å². The summed E-state index contributed by atoms with van der Waals surface area (Å²) in [4.78, 5) is 0. The van der Waals surface area contributed by atoms with E-state index in [2.05, 4.69) is 0 Å². The van der Waals surface area contributed by atoms with E-state index in [0.29, 0.717) is 0 Å². The van der Waals surface area contributed by atoms with Crippen LogP contribution in [0.15, 0.2) is 0 Å². The number of rotatable bonds is 4. The van der Waals surface area contributed by atoms with Crippen molar-refractivity contribution >= 4 is 21.2 Å². The van der Waals surface area contributed by atoms with Crippen LogP contribution in [0.4, 0.5) is 8.78 Å². The van der Waals surface area contributed by atoms with E-state index in [1.165, 1.54) is 0 Å². The Morgan fingerprint density at radius 2 is 2.00 bits per heavy atom. The molecule has 0 aromatic heterocycles. The van der Waals surface area contributed by atoms with E-state index in [9.17, 15) is 11.8 Å². The van der Waals surface area contributed by atoms with Gasteiger partial charge in [0.15, 0.2) is 0 Å². The van der Waals surface area contributed by atoms with Crippen LogP contribution in [-0.4, -0.2) is 9.97 Å². The van der Waals surface area contributed by atoms with Crippen molar-refractivity contribution in [1.82, 2.24) is 0 Å². The van der Waals surface area contributed by atoms with Gasteiger partial charge in [-0.2, -0.15) is 8.78 Å². The summed E-state index contributed by atoms with van der Waals surface area (Å²) in [6.07, 6.45) is -0.457. The van der Waals surface area contributed by atoms with Crippen molar-refractivity contribution in [1.29, 1.82) is 0 Å². The molecule has 1 unspecified atom stereocenters. The van der Waals surface area contributed by atoms with Crippen molar-refractivity contribution in [2.45, 2.75) is 30.2 Å². The maximum absolute atomic E-state index is 12.4. The lowest BCUT2D eigenvalue weighted by Crippen LogP contribution is -2.31. The SMILES string of the molecule is CC(C)C(N)CC(F)(F)I=O. The molecule has 0 aliphatic heterocycles. The zero-order chi connectivity index (χ0) is 9.07. The van der Waals surface area contributed by atoms with Crippen molar-refractivity contribution in [2.24, 2.45) is 11.7 Å². The molecule has 0 aromatic rings. The molecule has 0 amide bonds. The molecule has 0 fully saturated rings. The third-order valence-electron chi connectivity index (χ3n) is 1.44. The molecule has 0 bridgehead atoms. The molecule has 5 heteroatoms. The highest BCUT2D eigenvalue weighted by Crippen LogP contribution is 2.33. The molecule has 0 aliphatic carbocycles. The first-order valence-corrected chi connectivity index (χ1v) is 5.26. The van der Waals surface area contributed by atoms with Gasteiger partial charge in [-0.15, -0.1) is 0 Å². The van der Waals surface area contributed by atoms with Crippen molar-refractivity contribution < 1.29 is 11.8 Å². The van der Waals surface area contributed by atoms with Crippen molar-refractivity contribution in [3.63, 3.8) is 0 Å². The minimum absolute atomic E-state index is 0.0106. The summed E-state index contributed by atoms with van der Waals surface area (Å²) in [5.41, 5.74) is 5.38. The zero-order valence-corrected chi connectivity index (χ0v) is 8.64. The Hall–Kier alpha value is 0.350. The summed E-state index contributed by atoms with van der Waals surface area (Å²) >= 11 is -2.26. The standard InChI is InChI=1S/C6H12F2INO/c1-4(2)5(10)3-6(7,8)9-11/h4-5H,3,10H2,1-2H3. The number of hydrogen-bond donors (Lipinski definition) is 1. The lowest BCUT2D eigenvalue weighted by atomic mass is 10.0. The Balaban J connectivity index is 3.93. The molecular formula is C6H12F2INO. The first-order chi connectivity index (χ1) is 4.89. The molecule has 2 nitrogen and oxygen atoms in total. The van der Waals surface area contributed by atoms with Crippen LogP contribution < -0.4 is 5.73 Å². The van der Waals surface area contributed by atoms with Gasteiger partial charge in [0.1, 0.15) is 0 Å². The van der Waals surface area contributed by atoms with Gasteiger partial charge in [0.25, 0.3) is 0 Å². The summed E-state index contributed by atoms with van der Waals surface area (Å²) in [5, 5.41) is 0. The summed E-state index contributed by atoms with van der Waals surface area (Å²) in [5.74, 6) is 0.0106. The van der Waals surface area contributed by atoms with Gasteiger partial charge in [-0.1, -0.05) is 13.8 Å². The Morgan fingerprint density at radius 3 is 2.27 bits per heavy atom. The molecule has 0 saturated carbocycles. The summed E-state index contributed by atoms with van der Waals surface area (Å²) in [6.45, 7) is 3.54. The van der Waals surface area contributed by atoms with Crippen LogP contribution in [0.3, 0.4) is 0 Å². The topological polar surface area (TPSA) is 43.1 Å². The maximum atomic E-state index is 12.4. The molecule has 0 rings (SSSR count). The van der Waals surface area contributed by atoms with E-state index in [-0.39, 0.29) is 5.92 Å². The smallest absolute Gasteiger partial charge is 0.327 e. The highest BCUT2D eigenvalue weighted by molar-refractivity contribution is 14.1. The minimum Gasteiger partial charge on any atom is -0.327 e. The fourth-order valence-corrected chi connectivity index (χ4v) is 1.22. The molecule has 0 saturated heterocycles. The second-order valence-electron chi connectivity index (χ2n) is 2.80. The van der Waals surface area contributed by atoms with E-state index in [0.717, 1.165) is 0 Å². The lowest BCUT2D eigenvalue weighted by molar-refractivity contribution is 0.0998. The average molecular weight is 279 g/mol. The van der Waals surface area contributed by atoms with E-state index in [1.807, 2.05) is 0 Å². The first kappa shape index (κ1) is 11.4. The van der Waals surface area contributed by atoms with Crippen LogP contribution in [0, 0.1) is 5.92 Å². The van der Waals surface area contributed by atoms with Crippen LogP contribution in [0.1, 0.15) is 20.3 Å². The molecule has 0 aliphatic rings. The third-order valence-corrected chi connectivity index (χ3v) is 2.52. The second-order valence-corrected chi connectivity index (χ2v) is 4.82. The Kier molecular flexibility index (Phi) is 4.53. The van der Waals surface area contributed by atoms with Gasteiger partial charge in [0.2, 0.25) is 21.2 Å². The maximum Gasteiger partial charge on any atom is 0.329 e. The van der Waals surface area contributed by atoms with Crippen LogP contribution in [-0.2, 0) is 3.07 Å². The van der Waals surface area contributed by atoms with E-state index in [1.54, 1.807) is 13.8 Å². The monoisotopic (exact) mass is 279 g/mol. The fraction of sp³-hybridized carbons (Fsp3) is 1.00. The largest absolute Gasteiger partial charge is 0.329 e. The van der Waals surface area contributed by atoms with E-state index in [4.69, 9.17) is 5.73 Å². The van der Waals surface area contributed by atoms with Crippen LogP contribution in [0.25, 0.3) is 0 Å². The number of halogens is 3. The van der Waals surface area contributed by atoms with Crippen molar-refractivity contribution in [3.05, 3.63) is 0 Å². The van der Waals surface area contributed by atoms with Crippen LogP contribution in [0.5, 0.6) is 0 Å². The predicted molar refractivity (Wildman–Crippen MR) is 47.1 cm³/mol. The normalized spacial score (nSPS) is 15.5. The zero-order valence-electron chi connectivity index (χ0n) is 6.48. The molecule has 0 aromatic carbocycles. The first-order valence-electron chi connectivity index (χ1n) is 3.30. The molecule has 0 spiro atoms. The van der Waals surface area contributed by atoms with Gasteiger partial charge in [0.05, 0.1) is 0 Å². The highest BCUT2D eigenvalue weighted by Gasteiger charge is 2.32. The second kappa shape index (κ2) is 4.39. The summed E-state index contributed by atoms with van der Waals surface area (Å²) in [6, 6.07) is -0.557. The Bertz CT molecular complexity index is 141. The number of hydrogen-bond acceptors (Lipinski definition) is 2. The average Bonchev–Trinajstić information content (AvgIpc) is 1.87. The molecule has 11 heavy (non-hydrogen) atoms. The quantitative estimate of drug-likeness (QED) is 0.633. The molecule has 2 N–H and O–H groups in total. The van der Waals surface area contributed by atoms with Gasteiger partial charge < -0.3 is 5.73 Å². The fourth-order valence-electron chi connectivity index (χ4n) is 0.534. The predicted octanol–water partition coefficient (Wildman–Crippen LogP) is 2.27. The Morgan fingerprint density at radius 1 is 1.55 bits per heavy atom. The Labute approximate surface area is 75.2 Å². The third kappa shape index (κ3) is 4.73. The molecule has 68 valence electrons. The van der Waals surface area contributed by atoms with E-state index >= 15 is 0 Å². The lowest BCUT2D eigenvalue weighted by Gasteiger charge is -2.17. The molecule has 0 radical (unpaired) electrons. The summed E-state index contributed by atoms with van der Waals surface area (Å²) < 4.78 is 31.8. The minimum atomic E-state index is -3.03.